The van der Waals surface area contributed by atoms with Crippen LogP contribution in [0, 0.1) is 6.92 Å². The summed E-state index contributed by atoms with van der Waals surface area (Å²) in [4.78, 5) is 14.5. The Morgan fingerprint density at radius 2 is 2.18 bits per heavy atom. The van der Waals surface area contributed by atoms with Crippen LogP contribution in [0.25, 0.3) is 0 Å². The first kappa shape index (κ1) is 12.0. The number of alkyl halides is 1. The van der Waals surface area contributed by atoms with Crippen LogP contribution in [0.4, 0.5) is 4.39 Å². The Labute approximate surface area is 101 Å². The third-order valence-corrected chi connectivity index (χ3v) is 3.66. The van der Waals surface area contributed by atoms with E-state index in [0.717, 1.165) is 30.4 Å². The fraction of sp³-hybridized carbons (Fsp3) is 0.500. The molecule has 0 N–H and O–H groups in total. The minimum Gasteiger partial charge on any atom is -0.243 e. The van der Waals surface area contributed by atoms with Gasteiger partial charge in [-0.1, -0.05) is 18.2 Å². The molecule has 0 saturated heterocycles. The topological polar surface area (TPSA) is 29.4 Å². The minimum atomic E-state index is -0.994. The largest absolute Gasteiger partial charge is 0.243 e. The number of hydrogen-bond donors (Lipinski definition) is 0. The van der Waals surface area contributed by atoms with Crippen molar-refractivity contribution < 1.29 is 9.18 Å². The summed E-state index contributed by atoms with van der Waals surface area (Å²) in [6, 6.07) is 5.54. The molecular formula is C14H16FNO. The summed E-state index contributed by atoms with van der Waals surface area (Å²) in [7, 11) is 0. The van der Waals surface area contributed by atoms with E-state index in [1.807, 2.05) is 19.1 Å². The van der Waals surface area contributed by atoms with Crippen molar-refractivity contribution in [2.24, 2.45) is 4.99 Å². The molecule has 17 heavy (non-hydrogen) atoms. The van der Waals surface area contributed by atoms with Gasteiger partial charge in [-0.05, 0) is 49.8 Å². The molecular weight excluding hydrogens is 217 g/mol. The number of rotatable bonds is 3. The van der Waals surface area contributed by atoms with Crippen LogP contribution in [0.2, 0.25) is 0 Å². The van der Waals surface area contributed by atoms with Crippen LogP contribution < -0.4 is 0 Å². The molecule has 1 saturated carbocycles. The van der Waals surface area contributed by atoms with E-state index in [4.69, 9.17) is 0 Å². The average Bonchev–Trinajstić information content (AvgIpc) is 2.24. The second-order valence-corrected chi connectivity index (χ2v) is 4.78. The molecule has 0 aromatic heterocycles. The molecule has 90 valence electrons. The van der Waals surface area contributed by atoms with E-state index >= 15 is 0 Å². The molecule has 2 rings (SSSR count). The highest BCUT2D eigenvalue weighted by Gasteiger charge is 2.40. The van der Waals surface area contributed by atoms with Crippen molar-refractivity contribution >= 4 is 6.08 Å². The average molecular weight is 233 g/mol. The fourth-order valence-corrected chi connectivity index (χ4v) is 2.43. The molecule has 1 aromatic carbocycles. The van der Waals surface area contributed by atoms with Crippen molar-refractivity contribution in [1.82, 2.24) is 0 Å². The van der Waals surface area contributed by atoms with Gasteiger partial charge in [-0.3, -0.25) is 0 Å². The summed E-state index contributed by atoms with van der Waals surface area (Å²) in [5, 5.41) is 0. The first-order chi connectivity index (χ1) is 8.09. The lowest BCUT2D eigenvalue weighted by atomic mass is 9.70. The highest BCUT2D eigenvalue weighted by atomic mass is 19.1. The standard InChI is InChI=1S/C14H16FNO/c1-10-4-5-12(11(2)15)8-13(10)14(16-9-17)6-3-7-14/h4-5,8,11H,3,6-7H2,1-2H3. The van der Waals surface area contributed by atoms with Crippen LogP contribution in [0.15, 0.2) is 23.2 Å². The van der Waals surface area contributed by atoms with E-state index in [1.165, 1.54) is 6.92 Å². The number of carbonyl (C=O) groups excluding carboxylic acids is 1. The van der Waals surface area contributed by atoms with Crippen molar-refractivity contribution in [1.29, 1.82) is 0 Å². The van der Waals surface area contributed by atoms with Gasteiger partial charge in [0.15, 0.2) is 0 Å². The Morgan fingerprint density at radius 3 is 2.65 bits per heavy atom. The molecule has 1 fully saturated rings. The van der Waals surface area contributed by atoms with Gasteiger partial charge >= 0.3 is 0 Å². The Kier molecular flexibility index (Phi) is 3.12. The zero-order valence-electron chi connectivity index (χ0n) is 10.2. The lowest BCUT2D eigenvalue weighted by Gasteiger charge is -2.38. The predicted octanol–water partition coefficient (Wildman–Crippen LogP) is 3.74. The van der Waals surface area contributed by atoms with Crippen molar-refractivity contribution in [2.75, 3.05) is 0 Å². The Bertz CT molecular complexity index is 471. The molecule has 1 aromatic rings. The van der Waals surface area contributed by atoms with Gasteiger partial charge in [0, 0.05) is 0 Å². The molecule has 0 heterocycles. The van der Waals surface area contributed by atoms with E-state index in [0.29, 0.717) is 5.56 Å². The van der Waals surface area contributed by atoms with Gasteiger partial charge < -0.3 is 0 Å². The van der Waals surface area contributed by atoms with Gasteiger partial charge in [-0.2, -0.15) is 4.99 Å². The van der Waals surface area contributed by atoms with Crippen LogP contribution in [0.5, 0.6) is 0 Å². The molecule has 2 nitrogen and oxygen atoms in total. The van der Waals surface area contributed by atoms with Crippen molar-refractivity contribution in [3.05, 3.63) is 34.9 Å². The minimum absolute atomic E-state index is 0.434. The summed E-state index contributed by atoms with van der Waals surface area (Å²) < 4.78 is 13.3. The van der Waals surface area contributed by atoms with Crippen LogP contribution in [0.1, 0.15) is 49.0 Å². The maximum atomic E-state index is 13.3. The third-order valence-electron chi connectivity index (χ3n) is 3.66. The quantitative estimate of drug-likeness (QED) is 0.577. The summed E-state index contributed by atoms with van der Waals surface area (Å²) >= 11 is 0. The van der Waals surface area contributed by atoms with Gasteiger partial charge in [0.2, 0.25) is 6.08 Å². The fourth-order valence-electron chi connectivity index (χ4n) is 2.43. The number of aryl methyl sites for hydroxylation is 1. The molecule has 0 aliphatic heterocycles. The number of isocyanates is 1. The zero-order valence-corrected chi connectivity index (χ0v) is 10.2. The van der Waals surface area contributed by atoms with Crippen LogP contribution in [-0.2, 0) is 10.3 Å². The molecule has 0 radical (unpaired) electrons. The number of hydrogen-bond acceptors (Lipinski definition) is 2. The number of halogens is 1. The van der Waals surface area contributed by atoms with E-state index in [-0.39, 0.29) is 0 Å². The predicted molar refractivity (Wildman–Crippen MR) is 64.4 cm³/mol. The Hall–Kier alpha value is -1.47. The summed E-state index contributed by atoms with van der Waals surface area (Å²) in [5.41, 5.74) is 2.26. The first-order valence-corrected chi connectivity index (χ1v) is 5.93. The lowest BCUT2D eigenvalue weighted by Crippen LogP contribution is -2.32. The van der Waals surface area contributed by atoms with Crippen LogP contribution in [0.3, 0.4) is 0 Å². The first-order valence-electron chi connectivity index (χ1n) is 5.93. The zero-order chi connectivity index (χ0) is 12.5. The van der Waals surface area contributed by atoms with Gasteiger partial charge in [0.25, 0.3) is 0 Å². The molecule has 0 spiro atoms. The Morgan fingerprint density at radius 1 is 1.47 bits per heavy atom. The van der Waals surface area contributed by atoms with E-state index in [1.54, 1.807) is 12.1 Å². The molecule has 0 bridgehead atoms. The van der Waals surface area contributed by atoms with Crippen LogP contribution in [-0.4, -0.2) is 6.08 Å². The van der Waals surface area contributed by atoms with Crippen molar-refractivity contribution in [3.8, 4) is 0 Å². The maximum Gasteiger partial charge on any atom is 0.235 e. The molecule has 3 heteroatoms. The molecule has 1 atom stereocenters. The number of benzene rings is 1. The lowest BCUT2D eigenvalue weighted by molar-refractivity contribution is 0.254. The monoisotopic (exact) mass is 233 g/mol. The summed E-state index contributed by atoms with van der Waals surface area (Å²) in [6.07, 6.45) is 3.44. The van der Waals surface area contributed by atoms with Gasteiger partial charge in [0.1, 0.15) is 6.17 Å². The smallest absolute Gasteiger partial charge is 0.235 e. The van der Waals surface area contributed by atoms with Crippen molar-refractivity contribution in [2.45, 2.75) is 44.8 Å². The number of aliphatic imine (C=N–C) groups is 1. The highest BCUT2D eigenvalue weighted by Crippen LogP contribution is 2.46. The molecule has 1 unspecified atom stereocenters. The maximum absolute atomic E-state index is 13.3. The van der Waals surface area contributed by atoms with Gasteiger partial charge in [0.05, 0.1) is 5.54 Å². The molecule has 1 aliphatic rings. The third kappa shape index (κ3) is 2.03. The summed E-state index contributed by atoms with van der Waals surface area (Å²) in [6.45, 7) is 3.49. The van der Waals surface area contributed by atoms with E-state index < -0.39 is 11.7 Å². The normalized spacial score (nSPS) is 19.0. The molecule has 0 amide bonds. The van der Waals surface area contributed by atoms with E-state index in [2.05, 4.69) is 4.99 Å². The van der Waals surface area contributed by atoms with Crippen molar-refractivity contribution in [3.63, 3.8) is 0 Å². The highest BCUT2D eigenvalue weighted by molar-refractivity contribution is 5.43. The number of nitrogens with zero attached hydrogens (tertiary/aromatic N) is 1. The van der Waals surface area contributed by atoms with Gasteiger partial charge in [-0.15, -0.1) is 0 Å². The van der Waals surface area contributed by atoms with Gasteiger partial charge in [-0.25, -0.2) is 9.18 Å². The SMILES string of the molecule is Cc1ccc(C(C)F)cc1C1(N=C=O)CCC1. The van der Waals surface area contributed by atoms with Crippen LogP contribution >= 0.6 is 0 Å². The molecule has 1 aliphatic carbocycles. The second-order valence-electron chi connectivity index (χ2n) is 4.78. The summed E-state index contributed by atoms with van der Waals surface area (Å²) in [5.74, 6) is 0. The second kappa shape index (κ2) is 4.42. The Balaban J connectivity index is 2.49. The van der Waals surface area contributed by atoms with E-state index in [9.17, 15) is 9.18 Å².